The molecule has 0 bridgehead atoms. The fourth-order valence-corrected chi connectivity index (χ4v) is 3.35. The van der Waals surface area contributed by atoms with Crippen LogP contribution in [0.5, 0.6) is 0 Å². The van der Waals surface area contributed by atoms with Crippen LogP contribution in [0.25, 0.3) is 22.5 Å². The summed E-state index contributed by atoms with van der Waals surface area (Å²) in [5, 5.41) is 11.6. The van der Waals surface area contributed by atoms with Crippen molar-refractivity contribution in [2.24, 2.45) is 7.05 Å². The second-order valence-corrected chi connectivity index (χ2v) is 6.95. The second-order valence-electron chi connectivity index (χ2n) is 6.55. The van der Waals surface area contributed by atoms with Crippen LogP contribution in [0.2, 0.25) is 5.02 Å². The van der Waals surface area contributed by atoms with Crippen LogP contribution in [0.3, 0.4) is 0 Å². The number of nitrogens with zero attached hydrogens (tertiary/aromatic N) is 4. The molecule has 0 fully saturated rings. The number of benzene rings is 1. The summed E-state index contributed by atoms with van der Waals surface area (Å²) in [4.78, 5) is 17.2. The van der Waals surface area contributed by atoms with Gasteiger partial charge in [0, 0.05) is 43.3 Å². The number of amides is 1. The summed E-state index contributed by atoms with van der Waals surface area (Å²) in [6.07, 6.45) is 5.21. The summed E-state index contributed by atoms with van der Waals surface area (Å²) in [5.74, 6) is 0.142. The van der Waals surface area contributed by atoms with E-state index in [1.165, 1.54) is 0 Å². The van der Waals surface area contributed by atoms with Crippen molar-refractivity contribution in [3.63, 3.8) is 0 Å². The van der Waals surface area contributed by atoms with Gasteiger partial charge in [0.05, 0.1) is 10.7 Å². The second kappa shape index (κ2) is 7.89. The van der Waals surface area contributed by atoms with Crippen LogP contribution in [-0.2, 0) is 13.6 Å². The van der Waals surface area contributed by atoms with Crippen molar-refractivity contribution in [1.29, 1.82) is 0 Å². The first-order valence-electron chi connectivity index (χ1n) is 8.96. The van der Waals surface area contributed by atoms with Gasteiger partial charge >= 0.3 is 0 Å². The highest BCUT2D eigenvalue weighted by molar-refractivity contribution is 6.33. The first-order valence-corrected chi connectivity index (χ1v) is 9.34. The molecule has 8 heteroatoms. The Morgan fingerprint density at radius 2 is 2.07 bits per heavy atom. The van der Waals surface area contributed by atoms with Gasteiger partial charge in [-0.15, -0.1) is 0 Å². The quantitative estimate of drug-likeness (QED) is 0.539. The van der Waals surface area contributed by atoms with Crippen LogP contribution in [0.1, 0.15) is 21.7 Å². The molecule has 29 heavy (non-hydrogen) atoms. The molecule has 7 nitrogen and oxygen atoms in total. The molecule has 0 saturated heterocycles. The minimum Gasteiger partial charge on any atom is -0.360 e. The van der Waals surface area contributed by atoms with Crippen LogP contribution in [0, 0.1) is 6.92 Å². The third-order valence-corrected chi connectivity index (χ3v) is 4.91. The molecule has 0 aliphatic heterocycles. The van der Waals surface area contributed by atoms with Gasteiger partial charge < -0.3 is 9.84 Å². The van der Waals surface area contributed by atoms with E-state index in [0.717, 1.165) is 16.8 Å². The topological polar surface area (TPSA) is 85.8 Å². The fraction of sp³-hybridized carbons (Fsp3) is 0.143. The summed E-state index contributed by atoms with van der Waals surface area (Å²) in [6.45, 7) is 2.01. The van der Waals surface area contributed by atoms with E-state index in [2.05, 4.69) is 20.6 Å². The van der Waals surface area contributed by atoms with Crippen LogP contribution in [-0.4, -0.2) is 25.8 Å². The molecule has 3 heterocycles. The summed E-state index contributed by atoms with van der Waals surface area (Å²) in [5.41, 5.74) is 4.18. The number of pyridine rings is 1. The Balaban J connectivity index is 1.55. The third-order valence-electron chi connectivity index (χ3n) is 4.58. The number of halogens is 1. The molecule has 4 rings (SSSR count). The van der Waals surface area contributed by atoms with Gasteiger partial charge in [-0.25, -0.2) is 0 Å². The van der Waals surface area contributed by atoms with Crippen LogP contribution >= 0.6 is 11.6 Å². The van der Waals surface area contributed by atoms with Crippen molar-refractivity contribution in [1.82, 2.24) is 25.2 Å². The highest BCUT2D eigenvalue weighted by Gasteiger charge is 2.22. The maximum atomic E-state index is 12.9. The lowest BCUT2D eigenvalue weighted by Gasteiger charge is -2.08. The van der Waals surface area contributed by atoms with Crippen LogP contribution in [0.15, 0.2) is 59.5 Å². The predicted octanol–water partition coefficient (Wildman–Crippen LogP) is 4.03. The van der Waals surface area contributed by atoms with E-state index in [4.69, 9.17) is 16.1 Å². The van der Waals surface area contributed by atoms with Gasteiger partial charge in [-0.05, 0) is 30.7 Å². The van der Waals surface area contributed by atoms with Crippen LogP contribution < -0.4 is 5.32 Å². The average Bonchev–Trinajstić information content (AvgIpc) is 3.32. The molecule has 0 aliphatic carbocycles. The first-order chi connectivity index (χ1) is 14.0. The third kappa shape index (κ3) is 3.77. The molecule has 0 spiro atoms. The Hall–Kier alpha value is -3.45. The van der Waals surface area contributed by atoms with Gasteiger partial charge in [-0.1, -0.05) is 35.0 Å². The largest absolute Gasteiger partial charge is 0.360 e. The van der Waals surface area contributed by atoms with Gasteiger partial charge in [0.25, 0.3) is 5.91 Å². The van der Waals surface area contributed by atoms with Gasteiger partial charge in [-0.2, -0.15) is 5.10 Å². The van der Waals surface area contributed by atoms with Crippen LogP contribution in [0.4, 0.5) is 0 Å². The summed E-state index contributed by atoms with van der Waals surface area (Å²) < 4.78 is 7.04. The summed E-state index contributed by atoms with van der Waals surface area (Å²) in [6, 6.07) is 11.1. The lowest BCUT2D eigenvalue weighted by Crippen LogP contribution is -2.23. The Morgan fingerprint density at radius 3 is 2.83 bits per heavy atom. The number of carbonyl (C=O) groups is 1. The van der Waals surface area contributed by atoms with E-state index in [1.54, 1.807) is 42.3 Å². The van der Waals surface area contributed by atoms with Gasteiger partial charge in [0.2, 0.25) is 0 Å². The molecule has 0 unspecified atom stereocenters. The molecule has 0 atom stereocenters. The van der Waals surface area contributed by atoms with E-state index in [0.29, 0.717) is 34.1 Å². The zero-order valence-corrected chi connectivity index (χ0v) is 16.6. The van der Waals surface area contributed by atoms with Crippen molar-refractivity contribution < 1.29 is 9.32 Å². The number of hydrogen-bond acceptors (Lipinski definition) is 5. The molecule has 0 aliphatic rings. The predicted molar refractivity (Wildman–Crippen MR) is 109 cm³/mol. The normalized spacial score (nSPS) is 10.9. The molecule has 3 aromatic heterocycles. The molecular formula is C21H18ClN5O2. The average molecular weight is 408 g/mol. The SMILES string of the molecule is Cc1onc(-c2ccccc2Cl)c1C(=O)NCc1cncc(-c2ccnn2C)c1. The molecule has 1 aromatic carbocycles. The van der Waals surface area contributed by atoms with E-state index >= 15 is 0 Å². The van der Waals surface area contributed by atoms with E-state index in [1.807, 2.05) is 31.3 Å². The highest BCUT2D eigenvalue weighted by atomic mass is 35.5. The lowest BCUT2D eigenvalue weighted by atomic mass is 10.1. The number of rotatable bonds is 5. The molecule has 146 valence electrons. The smallest absolute Gasteiger partial charge is 0.257 e. The molecule has 1 amide bonds. The first kappa shape index (κ1) is 18.9. The zero-order valence-electron chi connectivity index (χ0n) is 15.9. The fourth-order valence-electron chi connectivity index (χ4n) is 3.13. The molecule has 0 radical (unpaired) electrons. The maximum absolute atomic E-state index is 12.9. The standard InChI is InChI=1S/C21H18ClN5O2/c1-13-19(20(26-29-13)16-5-3-4-6-17(16)22)21(28)24-11-14-9-15(12-23-10-14)18-7-8-25-27(18)2/h3-10,12H,11H2,1-2H3,(H,24,28). The highest BCUT2D eigenvalue weighted by Crippen LogP contribution is 2.31. The van der Waals surface area contributed by atoms with E-state index < -0.39 is 0 Å². The Kier molecular flexibility index (Phi) is 5.14. The Labute approximate surface area is 172 Å². The number of hydrogen-bond donors (Lipinski definition) is 1. The molecular weight excluding hydrogens is 390 g/mol. The van der Waals surface area contributed by atoms with E-state index in [-0.39, 0.29) is 5.91 Å². The summed E-state index contributed by atoms with van der Waals surface area (Å²) in [7, 11) is 1.87. The molecule has 4 aromatic rings. The van der Waals surface area contributed by atoms with Crippen molar-refractivity contribution >= 4 is 17.5 Å². The number of aromatic nitrogens is 4. The Morgan fingerprint density at radius 1 is 1.24 bits per heavy atom. The minimum atomic E-state index is -0.287. The maximum Gasteiger partial charge on any atom is 0.257 e. The van der Waals surface area contributed by atoms with Crippen molar-refractivity contribution in [2.45, 2.75) is 13.5 Å². The Bertz CT molecular complexity index is 1180. The van der Waals surface area contributed by atoms with Gasteiger partial charge in [0.15, 0.2) is 0 Å². The molecule has 1 N–H and O–H groups in total. The number of nitrogens with one attached hydrogen (secondary N) is 1. The minimum absolute atomic E-state index is 0.287. The van der Waals surface area contributed by atoms with E-state index in [9.17, 15) is 4.79 Å². The van der Waals surface area contributed by atoms with Gasteiger partial charge in [0.1, 0.15) is 17.0 Å². The van der Waals surface area contributed by atoms with Gasteiger partial charge in [-0.3, -0.25) is 14.5 Å². The number of aryl methyl sites for hydroxylation is 2. The number of carbonyl (C=O) groups excluding carboxylic acids is 1. The molecule has 0 saturated carbocycles. The zero-order chi connectivity index (χ0) is 20.4. The van der Waals surface area contributed by atoms with Crippen molar-refractivity contribution in [3.8, 4) is 22.5 Å². The van der Waals surface area contributed by atoms with Crippen molar-refractivity contribution in [3.05, 3.63) is 76.9 Å². The summed E-state index contributed by atoms with van der Waals surface area (Å²) >= 11 is 6.27. The lowest BCUT2D eigenvalue weighted by molar-refractivity contribution is 0.0950. The monoisotopic (exact) mass is 407 g/mol. The van der Waals surface area contributed by atoms with Crippen molar-refractivity contribution in [2.75, 3.05) is 0 Å².